The maximum absolute atomic E-state index is 2.79. The largest absolute Gasteiger partial charge is 0.147 e. The number of halogens is 2. The van der Waals surface area contributed by atoms with Crippen LogP contribution in [-0.4, -0.2) is 6.88 Å². The van der Waals surface area contributed by atoms with Crippen LogP contribution < -0.4 is 0 Å². The molecule has 0 unspecified atom stereocenters. The SMILES string of the molecule is CC[CH2][Zr]([CH3])(=[SiH2])([C]1=CC=CC1)[C]1=C(C)C=CC1.Cl.Cl. The summed E-state index contributed by atoms with van der Waals surface area (Å²) in [5.74, 6) is 0. The molecular weight excluding hydrogens is 370 g/mol. The average Bonchev–Trinajstić information content (AvgIpc) is 2.87. The first-order valence-corrected chi connectivity index (χ1v) is 19.3. The molecular formula is C15H26Cl2SiZr. The summed E-state index contributed by atoms with van der Waals surface area (Å²) in [6.07, 6.45) is 15.6. The molecule has 0 saturated carbocycles. The van der Waals surface area contributed by atoms with Crippen molar-refractivity contribution in [2.75, 3.05) is 0 Å². The van der Waals surface area contributed by atoms with Crippen molar-refractivity contribution in [2.24, 2.45) is 0 Å². The van der Waals surface area contributed by atoms with E-state index >= 15 is 0 Å². The second-order valence-corrected chi connectivity index (χ2v) is 33.0. The van der Waals surface area contributed by atoms with E-state index in [2.05, 4.69) is 55.7 Å². The van der Waals surface area contributed by atoms with E-state index in [1.807, 2.05) is 6.56 Å². The molecule has 0 atom stereocenters. The molecule has 0 nitrogen and oxygen atoms in total. The molecule has 108 valence electrons. The van der Waals surface area contributed by atoms with Crippen molar-refractivity contribution in [3.8, 4) is 0 Å². The summed E-state index contributed by atoms with van der Waals surface area (Å²) >= 11 is -2.79. The van der Waals surface area contributed by atoms with Crippen molar-refractivity contribution in [1.82, 2.24) is 0 Å². The Hall–Kier alpha value is 0.640. The van der Waals surface area contributed by atoms with Crippen LogP contribution in [-0.2, 0) is 17.4 Å². The molecule has 0 saturated heterocycles. The van der Waals surface area contributed by atoms with E-state index in [-0.39, 0.29) is 24.8 Å². The van der Waals surface area contributed by atoms with Crippen molar-refractivity contribution >= 4 is 31.7 Å². The Morgan fingerprint density at radius 2 is 1.89 bits per heavy atom. The zero-order valence-electron chi connectivity index (χ0n) is 12.2. The topological polar surface area (TPSA) is 0 Å². The van der Waals surface area contributed by atoms with Crippen LogP contribution in [0.4, 0.5) is 0 Å². The van der Waals surface area contributed by atoms with Gasteiger partial charge in [0.15, 0.2) is 0 Å². The van der Waals surface area contributed by atoms with Gasteiger partial charge in [-0.15, -0.1) is 24.8 Å². The van der Waals surface area contributed by atoms with Crippen molar-refractivity contribution < 1.29 is 17.4 Å². The van der Waals surface area contributed by atoms with Gasteiger partial charge in [0.25, 0.3) is 0 Å². The van der Waals surface area contributed by atoms with Gasteiger partial charge < -0.3 is 0 Å². The van der Waals surface area contributed by atoms with E-state index in [1.165, 1.54) is 23.4 Å². The van der Waals surface area contributed by atoms with Gasteiger partial charge in [-0.1, -0.05) is 0 Å². The summed E-state index contributed by atoms with van der Waals surface area (Å²) in [7, 11) is 0. The maximum atomic E-state index is 2.67. The smallest absolute Gasteiger partial charge is 0.147 e. The van der Waals surface area contributed by atoms with Crippen LogP contribution in [0, 0.1) is 0 Å². The van der Waals surface area contributed by atoms with Crippen LogP contribution in [0.25, 0.3) is 0 Å². The minimum Gasteiger partial charge on any atom is -0.147 e. The summed E-state index contributed by atoms with van der Waals surface area (Å²) in [5.41, 5.74) is 1.58. The van der Waals surface area contributed by atoms with Crippen molar-refractivity contribution in [3.63, 3.8) is 0 Å². The molecule has 0 heterocycles. The predicted octanol–water partition coefficient (Wildman–Crippen LogP) is 5.02. The molecule has 0 bridgehead atoms. The first-order chi connectivity index (χ1) is 7.98. The Labute approximate surface area is 132 Å². The molecule has 0 N–H and O–H groups in total. The quantitative estimate of drug-likeness (QED) is 0.585. The minimum atomic E-state index is -2.79. The standard InChI is InChI=1S/C6H7.C5H5.C3H7.CH3.2ClH.H2Si.Zr/c1-6-4-2-3-5-6;1-2-4-5-3-1;1-3-2;;;;;/h2,4H,3H2,1H3;1-3H,4H2;1,3H2,2H3;1H3;2*1H;1H2;. The molecule has 0 amide bonds. The first kappa shape index (κ1) is 19.6. The molecule has 0 aliphatic heterocycles. The van der Waals surface area contributed by atoms with E-state index in [0.717, 1.165) is 0 Å². The van der Waals surface area contributed by atoms with Gasteiger partial charge in [0, 0.05) is 0 Å². The Bertz CT molecular complexity index is 526. The summed E-state index contributed by atoms with van der Waals surface area (Å²) in [4.78, 5) is 0. The van der Waals surface area contributed by atoms with Crippen molar-refractivity contribution in [1.29, 1.82) is 0 Å². The summed E-state index contributed by atoms with van der Waals surface area (Å²) < 4.78 is 7.79. The summed E-state index contributed by atoms with van der Waals surface area (Å²) in [6.45, 7) is 7.09. The van der Waals surface area contributed by atoms with Crippen LogP contribution in [0.15, 0.2) is 42.5 Å². The molecule has 0 radical (unpaired) electrons. The van der Waals surface area contributed by atoms with Gasteiger partial charge in [-0.2, -0.15) is 0 Å². The fraction of sp³-hybridized carbons (Fsp3) is 0.467. The van der Waals surface area contributed by atoms with Crippen molar-refractivity contribution in [2.45, 2.75) is 41.9 Å². The molecule has 0 aromatic carbocycles. The van der Waals surface area contributed by atoms with Gasteiger partial charge in [0.1, 0.15) is 0 Å². The van der Waals surface area contributed by atoms with E-state index in [9.17, 15) is 0 Å². The number of hydrogen-bond donors (Lipinski definition) is 0. The normalized spacial score (nSPS) is 18.2. The van der Waals surface area contributed by atoms with Gasteiger partial charge >= 0.3 is 109 Å². The summed E-state index contributed by atoms with van der Waals surface area (Å²) in [6, 6.07) is 0. The predicted molar refractivity (Wildman–Crippen MR) is 92.3 cm³/mol. The molecule has 2 rings (SSSR count). The monoisotopic (exact) mass is 394 g/mol. The molecule has 2 aliphatic carbocycles. The van der Waals surface area contributed by atoms with Crippen LogP contribution in [0.2, 0.25) is 8.76 Å². The molecule has 19 heavy (non-hydrogen) atoms. The number of allylic oxidation sites excluding steroid dienone is 8. The molecule has 2 aliphatic rings. The fourth-order valence-corrected chi connectivity index (χ4v) is 23.6. The Balaban J connectivity index is 0.00000162. The number of rotatable bonds is 4. The fourth-order valence-electron chi connectivity index (χ4n) is 3.66. The third-order valence-corrected chi connectivity index (χ3v) is 27.8. The average molecular weight is 397 g/mol. The van der Waals surface area contributed by atoms with Gasteiger partial charge in [-0.3, -0.25) is 0 Å². The Kier molecular flexibility index (Phi) is 7.31. The first-order valence-electron chi connectivity index (χ1n) is 6.77. The van der Waals surface area contributed by atoms with E-state index in [4.69, 9.17) is 0 Å². The third-order valence-electron chi connectivity index (χ3n) is 4.68. The van der Waals surface area contributed by atoms with Gasteiger partial charge in [0.05, 0.1) is 0 Å². The zero-order valence-corrected chi connectivity index (χ0v) is 17.7. The van der Waals surface area contributed by atoms with Crippen LogP contribution in [0.1, 0.15) is 33.1 Å². The second-order valence-electron chi connectivity index (χ2n) is 6.13. The van der Waals surface area contributed by atoms with Crippen LogP contribution >= 0.6 is 24.8 Å². The van der Waals surface area contributed by atoms with E-state index in [0.29, 0.717) is 0 Å². The van der Waals surface area contributed by atoms with Crippen LogP contribution in [0.5, 0.6) is 0 Å². The van der Waals surface area contributed by atoms with Crippen LogP contribution in [0.3, 0.4) is 0 Å². The molecule has 4 heteroatoms. The van der Waals surface area contributed by atoms with Gasteiger partial charge in [-0.05, 0) is 0 Å². The molecule has 0 spiro atoms. The van der Waals surface area contributed by atoms with E-state index in [1.54, 1.807) is 5.57 Å². The molecule has 0 aromatic heterocycles. The van der Waals surface area contributed by atoms with Crippen molar-refractivity contribution in [3.05, 3.63) is 42.5 Å². The minimum absolute atomic E-state index is 0. The van der Waals surface area contributed by atoms with Gasteiger partial charge in [0.2, 0.25) is 0 Å². The summed E-state index contributed by atoms with van der Waals surface area (Å²) in [5, 5.41) is 0. The molecule has 0 fully saturated rings. The van der Waals surface area contributed by atoms with E-state index < -0.39 is 17.4 Å². The maximum Gasteiger partial charge on any atom is -0.147 e. The number of hydrogen-bond acceptors (Lipinski definition) is 0. The zero-order chi connectivity index (χ0) is 12.5. The second kappa shape index (κ2) is 7.07. The molecule has 0 aromatic rings. The van der Waals surface area contributed by atoms with Gasteiger partial charge in [-0.25, -0.2) is 0 Å². The third kappa shape index (κ3) is 3.46. The Morgan fingerprint density at radius 3 is 2.32 bits per heavy atom. The Morgan fingerprint density at radius 1 is 1.21 bits per heavy atom.